The zero-order chi connectivity index (χ0) is 20.9. The molecule has 3 aromatic carbocycles. The van der Waals surface area contributed by atoms with E-state index in [9.17, 15) is 13.2 Å². The molecular formula is C22H22N2O4S. The van der Waals surface area contributed by atoms with E-state index < -0.39 is 10.0 Å². The van der Waals surface area contributed by atoms with E-state index in [1.807, 2.05) is 37.3 Å². The zero-order valence-corrected chi connectivity index (χ0v) is 16.9. The topological polar surface area (TPSA) is 84.5 Å². The van der Waals surface area contributed by atoms with E-state index in [1.54, 1.807) is 36.4 Å². The van der Waals surface area contributed by atoms with Crippen LogP contribution in [0.5, 0.6) is 5.75 Å². The van der Waals surface area contributed by atoms with Gasteiger partial charge in [-0.3, -0.25) is 9.52 Å². The number of anilines is 1. The number of carbonyl (C=O) groups excluding carboxylic acids is 1. The largest absolute Gasteiger partial charge is 0.495 e. The number of rotatable bonds is 7. The fourth-order valence-electron chi connectivity index (χ4n) is 2.84. The molecule has 3 rings (SSSR count). The van der Waals surface area contributed by atoms with Crippen molar-refractivity contribution in [3.05, 3.63) is 90.0 Å². The Hall–Kier alpha value is -3.32. The number of para-hydroxylation sites is 2. The van der Waals surface area contributed by atoms with Crippen molar-refractivity contribution in [2.75, 3.05) is 11.8 Å². The summed E-state index contributed by atoms with van der Waals surface area (Å²) in [4.78, 5) is 12.6. The summed E-state index contributed by atoms with van der Waals surface area (Å²) in [6, 6.07) is 22.0. The predicted molar refractivity (Wildman–Crippen MR) is 113 cm³/mol. The van der Waals surface area contributed by atoms with E-state index in [4.69, 9.17) is 4.74 Å². The maximum Gasteiger partial charge on any atom is 0.262 e. The maximum absolute atomic E-state index is 12.8. The Labute approximate surface area is 170 Å². The first-order valence-corrected chi connectivity index (χ1v) is 10.5. The summed E-state index contributed by atoms with van der Waals surface area (Å²) in [6.45, 7) is 1.87. The van der Waals surface area contributed by atoms with Crippen molar-refractivity contribution in [1.29, 1.82) is 0 Å². The van der Waals surface area contributed by atoms with E-state index in [2.05, 4.69) is 10.0 Å². The van der Waals surface area contributed by atoms with Gasteiger partial charge in [-0.2, -0.15) is 0 Å². The molecule has 0 heterocycles. The van der Waals surface area contributed by atoms with Gasteiger partial charge in [-0.25, -0.2) is 8.42 Å². The van der Waals surface area contributed by atoms with Crippen LogP contribution in [0.25, 0.3) is 0 Å². The van der Waals surface area contributed by atoms with Crippen LogP contribution in [0.2, 0.25) is 0 Å². The first-order valence-electron chi connectivity index (χ1n) is 9.02. The molecule has 0 aromatic heterocycles. The lowest BCUT2D eigenvalue weighted by molar-refractivity contribution is 0.0939. The van der Waals surface area contributed by atoms with Crippen LogP contribution < -0.4 is 14.8 Å². The molecule has 0 aliphatic heterocycles. The molecule has 0 aliphatic carbocycles. The van der Waals surface area contributed by atoms with Crippen molar-refractivity contribution >= 4 is 21.6 Å². The number of carbonyl (C=O) groups is 1. The molecule has 1 atom stereocenters. The molecule has 0 aliphatic rings. The second-order valence-corrected chi connectivity index (χ2v) is 8.12. The van der Waals surface area contributed by atoms with Crippen molar-refractivity contribution < 1.29 is 17.9 Å². The third-order valence-electron chi connectivity index (χ3n) is 4.40. The number of benzene rings is 3. The quantitative estimate of drug-likeness (QED) is 0.617. The number of ether oxygens (including phenoxy) is 1. The molecule has 6 nitrogen and oxygen atoms in total. The third kappa shape index (κ3) is 4.94. The molecule has 0 fully saturated rings. The Morgan fingerprint density at radius 1 is 0.931 bits per heavy atom. The van der Waals surface area contributed by atoms with Crippen LogP contribution >= 0.6 is 0 Å². The van der Waals surface area contributed by atoms with Crippen LogP contribution in [-0.4, -0.2) is 21.4 Å². The van der Waals surface area contributed by atoms with Gasteiger partial charge in [-0.05, 0) is 42.8 Å². The number of amides is 1. The van der Waals surface area contributed by atoms with Crippen molar-refractivity contribution in [1.82, 2.24) is 5.32 Å². The van der Waals surface area contributed by atoms with Crippen LogP contribution in [0.1, 0.15) is 28.9 Å². The number of nitrogens with one attached hydrogen (secondary N) is 2. The molecule has 0 saturated carbocycles. The molecule has 0 saturated heterocycles. The molecule has 0 spiro atoms. The molecule has 29 heavy (non-hydrogen) atoms. The molecular weight excluding hydrogens is 388 g/mol. The summed E-state index contributed by atoms with van der Waals surface area (Å²) in [7, 11) is -2.43. The Morgan fingerprint density at radius 2 is 1.62 bits per heavy atom. The normalized spacial score (nSPS) is 12.1. The standard InChI is InChI=1S/C22H22N2O4S/c1-16(17-9-4-3-5-10-17)23-22(25)18-11-8-12-19(15-18)29(26,27)24-20-13-6-7-14-21(20)28-2/h3-16,24H,1-2H3,(H,23,25)/t16-/m1/s1. The number of methoxy groups -OCH3 is 1. The smallest absolute Gasteiger partial charge is 0.262 e. The highest BCUT2D eigenvalue weighted by Crippen LogP contribution is 2.26. The third-order valence-corrected chi connectivity index (χ3v) is 5.77. The lowest BCUT2D eigenvalue weighted by atomic mass is 10.1. The summed E-state index contributed by atoms with van der Waals surface area (Å²) in [5, 5.41) is 2.88. The van der Waals surface area contributed by atoms with Crippen molar-refractivity contribution in [2.45, 2.75) is 17.9 Å². The van der Waals surface area contributed by atoms with Crippen molar-refractivity contribution in [3.63, 3.8) is 0 Å². The van der Waals surface area contributed by atoms with Crippen LogP contribution in [0.4, 0.5) is 5.69 Å². The fraction of sp³-hybridized carbons (Fsp3) is 0.136. The minimum atomic E-state index is -3.89. The lowest BCUT2D eigenvalue weighted by Gasteiger charge is -2.15. The molecule has 0 bridgehead atoms. The van der Waals surface area contributed by atoms with Gasteiger partial charge >= 0.3 is 0 Å². The zero-order valence-electron chi connectivity index (χ0n) is 16.1. The Bertz CT molecular complexity index is 1100. The van der Waals surface area contributed by atoms with Gasteiger partial charge in [-0.1, -0.05) is 48.5 Å². The Morgan fingerprint density at radius 3 is 2.34 bits per heavy atom. The Kier molecular flexibility index (Phi) is 6.19. The predicted octanol–water partition coefficient (Wildman–Crippen LogP) is 3.99. The first kappa shape index (κ1) is 20.4. The molecule has 0 radical (unpaired) electrons. The van der Waals surface area contributed by atoms with Gasteiger partial charge in [0.05, 0.1) is 23.7 Å². The number of hydrogen-bond acceptors (Lipinski definition) is 4. The Balaban J connectivity index is 1.80. The SMILES string of the molecule is COc1ccccc1NS(=O)(=O)c1cccc(C(=O)N[C@H](C)c2ccccc2)c1. The van der Waals surface area contributed by atoms with Gasteiger partial charge in [0.25, 0.3) is 15.9 Å². The lowest BCUT2D eigenvalue weighted by Crippen LogP contribution is -2.27. The van der Waals surface area contributed by atoms with Gasteiger partial charge in [-0.15, -0.1) is 0 Å². The monoisotopic (exact) mass is 410 g/mol. The summed E-state index contributed by atoms with van der Waals surface area (Å²) in [6.07, 6.45) is 0. The first-order chi connectivity index (χ1) is 13.9. The summed E-state index contributed by atoms with van der Waals surface area (Å²) in [5.41, 5.74) is 1.54. The summed E-state index contributed by atoms with van der Waals surface area (Å²) < 4.78 is 33.3. The molecule has 0 unspecified atom stereocenters. The van der Waals surface area contributed by atoms with Crippen LogP contribution in [0.3, 0.4) is 0 Å². The minimum Gasteiger partial charge on any atom is -0.495 e. The van der Waals surface area contributed by atoms with E-state index in [1.165, 1.54) is 19.2 Å². The van der Waals surface area contributed by atoms with Gasteiger partial charge in [0.2, 0.25) is 0 Å². The average Bonchev–Trinajstić information content (AvgIpc) is 2.74. The van der Waals surface area contributed by atoms with Gasteiger partial charge in [0, 0.05) is 5.56 Å². The van der Waals surface area contributed by atoms with Crippen molar-refractivity contribution in [3.8, 4) is 5.75 Å². The van der Waals surface area contributed by atoms with Crippen LogP contribution in [0, 0.1) is 0 Å². The molecule has 7 heteroatoms. The highest BCUT2D eigenvalue weighted by Gasteiger charge is 2.19. The van der Waals surface area contributed by atoms with Crippen LogP contribution in [0.15, 0.2) is 83.8 Å². The van der Waals surface area contributed by atoms with E-state index in [-0.39, 0.29) is 22.4 Å². The second kappa shape index (κ2) is 8.79. The van der Waals surface area contributed by atoms with Crippen LogP contribution in [-0.2, 0) is 10.0 Å². The molecule has 150 valence electrons. The minimum absolute atomic E-state index is 0.0107. The van der Waals surface area contributed by atoms with Crippen molar-refractivity contribution in [2.24, 2.45) is 0 Å². The van der Waals surface area contributed by atoms with E-state index in [0.717, 1.165) is 5.56 Å². The molecule has 2 N–H and O–H groups in total. The summed E-state index contributed by atoms with van der Waals surface area (Å²) >= 11 is 0. The van der Waals surface area contributed by atoms with Gasteiger partial charge < -0.3 is 10.1 Å². The maximum atomic E-state index is 12.8. The highest BCUT2D eigenvalue weighted by atomic mass is 32.2. The summed E-state index contributed by atoms with van der Waals surface area (Å²) in [5.74, 6) is 0.0531. The number of sulfonamides is 1. The van der Waals surface area contributed by atoms with E-state index >= 15 is 0 Å². The highest BCUT2D eigenvalue weighted by molar-refractivity contribution is 7.92. The van der Waals surface area contributed by atoms with Gasteiger partial charge in [0.15, 0.2) is 0 Å². The van der Waals surface area contributed by atoms with Gasteiger partial charge in [0.1, 0.15) is 5.75 Å². The second-order valence-electron chi connectivity index (χ2n) is 6.44. The molecule has 3 aromatic rings. The number of hydrogen-bond donors (Lipinski definition) is 2. The fourth-order valence-corrected chi connectivity index (χ4v) is 3.96. The molecule has 1 amide bonds. The van der Waals surface area contributed by atoms with E-state index in [0.29, 0.717) is 11.4 Å². The average molecular weight is 410 g/mol.